The van der Waals surface area contributed by atoms with Crippen LogP contribution in [-0.2, 0) is 159 Å². The van der Waals surface area contributed by atoms with Crippen LogP contribution in [0.1, 0.15) is 70.2 Å². The van der Waals surface area contributed by atoms with Crippen molar-refractivity contribution in [3.05, 3.63) is 106 Å². The van der Waals surface area contributed by atoms with Gasteiger partial charge in [-0.3, -0.25) is 4.68 Å². The molecule has 4 aromatic rings. The number of nitrogens with zero attached hydrogens (tertiary/aromatic N) is 7. The summed E-state index contributed by atoms with van der Waals surface area (Å²) in [4.78, 5) is 3.66. The first kappa shape index (κ1) is 69.9. The van der Waals surface area contributed by atoms with Crippen LogP contribution in [0.5, 0.6) is 0 Å². The Kier molecular flexibility index (Phi) is 108. The molecule has 0 atom stereocenters. The van der Waals surface area contributed by atoms with E-state index in [1.54, 1.807) is 30.5 Å². The molecule has 236 valence electrons. The largest absolute Gasteiger partial charge is 0.451 e. The minimum absolute atomic E-state index is 0. The van der Waals surface area contributed by atoms with E-state index in [1.807, 2.05) is 153 Å². The summed E-state index contributed by atoms with van der Waals surface area (Å²) in [5.41, 5.74) is 0. The van der Waals surface area contributed by atoms with Crippen molar-refractivity contribution in [2.24, 2.45) is 28.2 Å². The van der Waals surface area contributed by atoms with Crippen LogP contribution in [0.25, 0.3) is 0 Å². The molecule has 0 unspecified atom stereocenters. The van der Waals surface area contributed by atoms with Crippen molar-refractivity contribution in [1.29, 1.82) is 0 Å². The zero-order chi connectivity index (χ0) is 28.5. The van der Waals surface area contributed by atoms with Crippen LogP contribution in [0.15, 0.2) is 55.6 Å². The molecule has 0 bridgehead atoms. The summed E-state index contributed by atoms with van der Waals surface area (Å²) in [6.45, 7) is 16.0. The van der Waals surface area contributed by atoms with Crippen molar-refractivity contribution >= 4 is 0 Å². The zero-order valence-electron chi connectivity index (χ0n) is 26.9. The minimum atomic E-state index is 0. The first-order valence-electron chi connectivity index (χ1n) is 11.7. The number of aromatic nitrogens is 7. The van der Waals surface area contributed by atoms with Gasteiger partial charge in [0.15, 0.2) is 0 Å². The average molecular weight is 883 g/mol. The molecule has 4 heterocycles. The summed E-state index contributed by atoms with van der Waals surface area (Å²) in [5, 5.41) is 6.94. The van der Waals surface area contributed by atoms with Gasteiger partial charge in [0.2, 0.25) is 0 Å². The summed E-state index contributed by atoms with van der Waals surface area (Å²) in [6, 6.07) is 9.53. The quantitative estimate of drug-likeness (QED) is 0.171. The van der Waals surface area contributed by atoms with Gasteiger partial charge in [-0.1, -0.05) is 27.4 Å². The molecule has 0 aromatic carbocycles. The molecular weight excluding hydrogens is 826 g/mol. The fourth-order valence-electron chi connectivity index (χ4n) is 1.24. The maximum absolute atomic E-state index is 3.66. The molecule has 0 saturated heterocycles. The topological polar surface area (TPSA) is 58.4 Å². The van der Waals surface area contributed by atoms with Gasteiger partial charge in [-0.2, -0.15) is 55.4 Å². The molecule has 0 amide bonds. The van der Waals surface area contributed by atoms with Gasteiger partial charge in [0.05, 0.1) is 0 Å². The van der Waals surface area contributed by atoms with Crippen LogP contribution in [-0.4, -0.2) is 33.7 Å². The maximum Gasteiger partial charge on any atom is 0.0280 e. The number of imidazole rings is 1. The Hall–Kier alpha value is 1.33. The number of hydrogen-bond donors (Lipinski definition) is 0. The third-order valence-electron chi connectivity index (χ3n) is 2.43. The fraction of sp³-hybridized carbons (Fsp3) is 0.452. The second-order valence-corrected chi connectivity index (χ2v) is 7.05. The monoisotopic (exact) mass is 883 g/mol. The standard InChI is InChI=1S/2C5H6N.C4H5N2.C3H4N3.4C3H7.2CH4.4Y/c2*1-6-4-2-3-5-6;1-6-3-2-5-4-6;1-6-3-2-4-5-6;4*1-3-2;;;;;;/h2*2,4-5H,1H3;3-4H,1H3;3H,1H3;4*3H,1-2H3;2*1H4;;;;/q8*-1;;;;;;. The molecule has 0 N–H and O–H groups in total. The Balaban J connectivity index is -0.0000000349. The van der Waals surface area contributed by atoms with Crippen molar-refractivity contribution in [3.8, 4) is 0 Å². The molecule has 42 heavy (non-hydrogen) atoms. The molecule has 7 nitrogen and oxygen atoms in total. The maximum atomic E-state index is 3.66. The zero-order valence-corrected chi connectivity index (χ0v) is 38.3. The van der Waals surface area contributed by atoms with E-state index in [9.17, 15) is 0 Å². The summed E-state index contributed by atoms with van der Waals surface area (Å²) >= 11 is 0. The molecule has 0 aliphatic carbocycles. The average Bonchev–Trinajstić information content (AvgIpc) is 3.64. The van der Waals surface area contributed by atoms with Crippen molar-refractivity contribution in [2.45, 2.75) is 70.2 Å². The van der Waals surface area contributed by atoms with Crippen LogP contribution >= 0.6 is 0 Å². The van der Waals surface area contributed by atoms with E-state index < -0.39 is 0 Å². The SMILES string of the molecule is C.C.C[CH-]C.C[CH-]C.C[CH-]C.C[CH-]C.Cn1c[c-]cc1.Cn1c[c-]cc1.Cn1c[c-]nc1.Cn1c[c-]nn1.[Y].[Y].[Y].[Y]. The minimum Gasteiger partial charge on any atom is -0.451 e. The van der Waals surface area contributed by atoms with E-state index in [-0.39, 0.29) is 146 Å². The summed E-state index contributed by atoms with van der Waals surface area (Å²) in [5.74, 6) is 0. The van der Waals surface area contributed by atoms with Gasteiger partial charge in [-0.05, 0) is 21.1 Å². The van der Waals surface area contributed by atoms with Gasteiger partial charge in [-0.15, -0.1) is 42.4 Å². The van der Waals surface area contributed by atoms with Crippen molar-refractivity contribution in [1.82, 2.24) is 33.7 Å². The Labute approximate surface area is 363 Å². The normalized spacial score (nSPS) is 6.76. The summed E-state index contributed by atoms with van der Waals surface area (Å²) in [6.07, 6.45) is 25.9. The molecule has 4 aromatic heterocycles. The first-order chi connectivity index (χ1) is 17.2. The van der Waals surface area contributed by atoms with E-state index in [0.717, 1.165) is 0 Å². The fourth-order valence-corrected chi connectivity index (χ4v) is 1.24. The van der Waals surface area contributed by atoms with Gasteiger partial charge in [0.1, 0.15) is 0 Å². The molecule has 0 aliphatic rings. The van der Waals surface area contributed by atoms with Crippen LogP contribution in [0.4, 0.5) is 0 Å². The van der Waals surface area contributed by atoms with Gasteiger partial charge < -0.3 is 55.7 Å². The smallest absolute Gasteiger partial charge is 0.0280 e. The molecule has 0 spiro atoms. The molecule has 0 fully saturated rings. The van der Waals surface area contributed by atoms with E-state index in [2.05, 4.69) is 39.8 Å². The second-order valence-electron chi connectivity index (χ2n) is 7.05. The predicted octanol–water partition coefficient (Wildman–Crippen LogP) is 7.67. The summed E-state index contributed by atoms with van der Waals surface area (Å²) in [7, 11) is 7.64. The van der Waals surface area contributed by atoms with Gasteiger partial charge in [0.25, 0.3) is 0 Å². The molecule has 0 aliphatic heterocycles. The Morgan fingerprint density at radius 2 is 0.881 bits per heavy atom. The predicted molar refractivity (Wildman–Crippen MR) is 166 cm³/mol. The van der Waals surface area contributed by atoms with Crippen LogP contribution in [0.3, 0.4) is 0 Å². The third kappa shape index (κ3) is 78.1. The molecule has 11 heteroatoms. The van der Waals surface area contributed by atoms with Gasteiger partial charge >= 0.3 is 0 Å². The van der Waals surface area contributed by atoms with Crippen LogP contribution in [0.2, 0.25) is 0 Å². The van der Waals surface area contributed by atoms with Crippen molar-refractivity contribution < 1.29 is 131 Å². The molecule has 0 saturated carbocycles. The van der Waals surface area contributed by atoms with E-state index >= 15 is 0 Å². The van der Waals surface area contributed by atoms with E-state index in [1.165, 1.54) is 0 Å². The Bertz CT molecular complexity index is 641. The second kappa shape index (κ2) is 65.1. The first-order valence-corrected chi connectivity index (χ1v) is 11.7. The van der Waals surface area contributed by atoms with Crippen LogP contribution in [0, 0.1) is 50.2 Å². The van der Waals surface area contributed by atoms with Crippen molar-refractivity contribution in [2.75, 3.05) is 0 Å². The molecular formula is C31H57N7Y4-8. The van der Waals surface area contributed by atoms with Crippen LogP contribution < -0.4 is 0 Å². The number of aryl methyl sites for hydroxylation is 4. The summed E-state index contributed by atoms with van der Waals surface area (Å²) < 4.78 is 7.31. The van der Waals surface area contributed by atoms with Gasteiger partial charge in [-0.25, -0.2) is 24.3 Å². The Morgan fingerprint density at radius 3 is 0.952 bits per heavy atom. The third-order valence-corrected chi connectivity index (χ3v) is 2.43. The Morgan fingerprint density at radius 1 is 0.524 bits per heavy atom. The van der Waals surface area contributed by atoms with E-state index in [0.29, 0.717) is 0 Å². The molecule has 4 rings (SSSR count). The van der Waals surface area contributed by atoms with Gasteiger partial charge in [0, 0.05) is 138 Å². The number of hydrogen-bond acceptors (Lipinski definition) is 3. The van der Waals surface area contributed by atoms with Crippen molar-refractivity contribution in [3.63, 3.8) is 0 Å². The molecule has 4 radical (unpaired) electrons. The number of rotatable bonds is 0. The van der Waals surface area contributed by atoms with E-state index in [4.69, 9.17) is 0 Å².